The number of amides is 4. The third-order valence-corrected chi connectivity index (χ3v) is 5.36. The summed E-state index contributed by atoms with van der Waals surface area (Å²) in [6, 6.07) is 12.5. The molecule has 3 N–H and O–H groups in total. The van der Waals surface area contributed by atoms with Gasteiger partial charge >= 0.3 is 6.03 Å². The van der Waals surface area contributed by atoms with Gasteiger partial charge < -0.3 is 20.4 Å². The van der Waals surface area contributed by atoms with E-state index in [1.54, 1.807) is 12.1 Å². The zero-order valence-corrected chi connectivity index (χ0v) is 17.5. The lowest BCUT2D eigenvalue weighted by Gasteiger charge is -2.14. The van der Waals surface area contributed by atoms with Crippen LogP contribution in [0.25, 0.3) is 22.2 Å². The van der Waals surface area contributed by atoms with Crippen LogP contribution >= 0.6 is 0 Å². The Morgan fingerprint density at radius 1 is 1.13 bits per heavy atom. The molecule has 3 aromatic rings. The standard InChI is InChI=1S/C23H24N4O4/c1-3-26-19-11-16(31-4-2)9-10-17(19)18(12-20(24)28)22(26)14-5-7-15(8-6-14)27-21(29)13-25-23(27)30/h5-11H,3-4,12-13H2,1-2H3,(H2,24,28)(H,25,30). The minimum atomic E-state index is -0.432. The normalized spacial score (nSPS) is 13.7. The van der Waals surface area contributed by atoms with E-state index in [1.807, 2.05) is 44.2 Å². The van der Waals surface area contributed by atoms with Crippen LogP contribution in [0.2, 0.25) is 0 Å². The quantitative estimate of drug-likeness (QED) is 0.573. The van der Waals surface area contributed by atoms with Crippen molar-refractivity contribution in [3.05, 3.63) is 48.0 Å². The van der Waals surface area contributed by atoms with E-state index in [0.717, 1.165) is 38.4 Å². The van der Waals surface area contributed by atoms with E-state index in [9.17, 15) is 14.4 Å². The number of fused-ring (bicyclic) bond motifs is 1. The molecule has 1 fully saturated rings. The number of hydrogen-bond acceptors (Lipinski definition) is 4. The van der Waals surface area contributed by atoms with Crippen molar-refractivity contribution in [2.24, 2.45) is 5.73 Å². The molecule has 8 heteroatoms. The number of benzene rings is 2. The number of nitrogens with zero attached hydrogens (tertiary/aromatic N) is 2. The summed E-state index contributed by atoms with van der Waals surface area (Å²) >= 11 is 0. The Balaban J connectivity index is 1.86. The molecule has 0 atom stereocenters. The first-order chi connectivity index (χ1) is 14.9. The molecule has 0 saturated carbocycles. The summed E-state index contributed by atoms with van der Waals surface area (Å²) in [4.78, 5) is 36.9. The Kier molecular flexibility index (Phi) is 5.37. The van der Waals surface area contributed by atoms with Gasteiger partial charge in [0.25, 0.3) is 5.91 Å². The maximum absolute atomic E-state index is 12.0. The average Bonchev–Trinajstić information content (AvgIpc) is 3.24. The van der Waals surface area contributed by atoms with Crippen LogP contribution in [0.4, 0.5) is 10.5 Å². The van der Waals surface area contributed by atoms with E-state index < -0.39 is 11.9 Å². The summed E-state index contributed by atoms with van der Waals surface area (Å²) < 4.78 is 7.79. The molecular weight excluding hydrogens is 396 g/mol. The summed E-state index contributed by atoms with van der Waals surface area (Å²) in [7, 11) is 0. The number of hydrogen-bond donors (Lipinski definition) is 2. The average molecular weight is 420 g/mol. The van der Waals surface area contributed by atoms with Gasteiger partial charge in [-0.15, -0.1) is 0 Å². The topological polar surface area (TPSA) is 107 Å². The van der Waals surface area contributed by atoms with E-state index in [-0.39, 0.29) is 18.9 Å². The van der Waals surface area contributed by atoms with Gasteiger partial charge in [-0.1, -0.05) is 12.1 Å². The minimum absolute atomic E-state index is 0.00438. The first kappa shape index (κ1) is 20.5. The molecule has 4 amide bonds. The number of ether oxygens (including phenoxy) is 1. The SMILES string of the molecule is CCOc1ccc2c(CC(N)=O)c(-c3ccc(N4C(=O)CNC4=O)cc3)n(CC)c2c1. The predicted molar refractivity (Wildman–Crippen MR) is 118 cm³/mol. The maximum Gasteiger partial charge on any atom is 0.329 e. The lowest BCUT2D eigenvalue weighted by molar-refractivity contribution is -0.117. The third-order valence-electron chi connectivity index (χ3n) is 5.36. The lowest BCUT2D eigenvalue weighted by atomic mass is 10.0. The first-order valence-corrected chi connectivity index (χ1v) is 10.2. The van der Waals surface area contributed by atoms with E-state index in [0.29, 0.717) is 18.8 Å². The molecule has 160 valence electrons. The molecule has 0 unspecified atom stereocenters. The van der Waals surface area contributed by atoms with Crippen molar-refractivity contribution in [3.63, 3.8) is 0 Å². The summed E-state index contributed by atoms with van der Waals surface area (Å²) in [5.41, 5.74) is 9.61. The zero-order chi connectivity index (χ0) is 22.1. The minimum Gasteiger partial charge on any atom is -0.494 e. The maximum atomic E-state index is 12.0. The molecular formula is C23H24N4O4. The lowest BCUT2D eigenvalue weighted by Crippen LogP contribution is -2.30. The number of anilines is 1. The van der Waals surface area contributed by atoms with Crippen LogP contribution in [0.1, 0.15) is 19.4 Å². The number of imide groups is 1. The number of carbonyl (C=O) groups excluding carboxylic acids is 3. The smallest absolute Gasteiger partial charge is 0.329 e. The van der Waals surface area contributed by atoms with Gasteiger partial charge in [0, 0.05) is 18.0 Å². The number of aryl methyl sites for hydroxylation is 1. The molecule has 4 rings (SSSR count). The van der Waals surface area contributed by atoms with Crippen LogP contribution in [0.15, 0.2) is 42.5 Å². The fourth-order valence-corrected chi connectivity index (χ4v) is 4.12. The summed E-state index contributed by atoms with van der Waals surface area (Å²) in [5, 5.41) is 3.46. The Morgan fingerprint density at radius 2 is 1.87 bits per heavy atom. The molecule has 0 aliphatic carbocycles. The summed E-state index contributed by atoms with van der Waals surface area (Å²) in [6.07, 6.45) is 0.0988. The molecule has 1 saturated heterocycles. The van der Waals surface area contributed by atoms with Crippen molar-refractivity contribution in [2.75, 3.05) is 18.1 Å². The van der Waals surface area contributed by atoms with Crippen LogP contribution in [-0.2, 0) is 22.6 Å². The van der Waals surface area contributed by atoms with Gasteiger partial charge in [-0.3, -0.25) is 9.59 Å². The molecule has 1 aliphatic rings. The van der Waals surface area contributed by atoms with Gasteiger partial charge in [-0.2, -0.15) is 0 Å². The molecule has 1 aromatic heterocycles. The monoisotopic (exact) mass is 420 g/mol. The number of nitrogens with one attached hydrogen (secondary N) is 1. The highest BCUT2D eigenvalue weighted by molar-refractivity contribution is 6.19. The Labute approximate surface area is 179 Å². The molecule has 1 aliphatic heterocycles. The highest BCUT2D eigenvalue weighted by atomic mass is 16.5. The van der Waals surface area contributed by atoms with Crippen molar-refractivity contribution in [2.45, 2.75) is 26.8 Å². The number of carbonyl (C=O) groups is 3. The Bertz CT molecular complexity index is 1160. The van der Waals surface area contributed by atoms with Crippen LogP contribution < -0.4 is 20.7 Å². The molecule has 0 bridgehead atoms. The highest BCUT2D eigenvalue weighted by Gasteiger charge is 2.30. The fourth-order valence-electron chi connectivity index (χ4n) is 4.12. The van der Waals surface area contributed by atoms with Gasteiger partial charge in [-0.25, -0.2) is 9.69 Å². The predicted octanol–water partition coefficient (Wildman–Crippen LogP) is 2.81. The van der Waals surface area contributed by atoms with Crippen molar-refractivity contribution in [1.29, 1.82) is 0 Å². The Morgan fingerprint density at radius 3 is 2.45 bits per heavy atom. The highest BCUT2D eigenvalue weighted by Crippen LogP contribution is 2.37. The zero-order valence-electron chi connectivity index (χ0n) is 17.5. The number of urea groups is 1. The first-order valence-electron chi connectivity index (χ1n) is 10.2. The van der Waals surface area contributed by atoms with Gasteiger partial charge in [0.1, 0.15) is 5.75 Å². The van der Waals surface area contributed by atoms with Gasteiger partial charge in [0.05, 0.1) is 36.5 Å². The molecule has 31 heavy (non-hydrogen) atoms. The van der Waals surface area contributed by atoms with Crippen molar-refractivity contribution in [3.8, 4) is 17.0 Å². The second-order valence-electron chi connectivity index (χ2n) is 7.26. The second kappa shape index (κ2) is 8.14. The Hall–Kier alpha value is -3.81. The van der Waals surface area contributed by atoms with Crippen molar-refractivity contribution < 1.29 is 19.1 Å². The fraction of sp³-hybridized carbons (Fsp3) is 0.261. The third kappa shape index (κ3) is 3.61. The number of aromatic nitrogens is 1. The van der Waals surface area contributed by atoms with Crippen molar-refractivity contribution in [1.82, 2.24) is 9.88 Å². The van der Waals surface area contributed by atoms with Gasteiger partial charge in [-0.05, 0) is 49.2 Å². The van der Waals surface area contributed by atoms with Crippen LogP contribution in [0, 0.1) is 0 Å². The number of nitrogens with two attached hydrogens (primary N) is 1. The molecule has 2 heterocycles. The summed E-state index contributed by atoms with van der Waals surface area (Å²) in [5.74, 6) is 0.0489. The van der Waals surface area contributed by atoms with Gasteiger partial charge in [0.15, 0.2) is 0 Å². The van der Waals surface area contributed by atoms with Crippen LogP contribution in [0.3, 0.4) is 0 Å². The number of rotatable bonds is 7. The second-order valence-corrected chi connectivity index (χ2v) is 7.26. The van der Waals surface area contributed by atoms with E-state index in [2.05, 4.69) is 9.88 Å². The molecule has 2 aromatic carbocycles. The summed E-state index contributed by atoms with van der Waals surface area (Å²) in [6.45, 7) is 5.19. The largest absolute Gasteiger partial charge is 0.494 e. The van der Waals surface area contributed by atoms with Crippen molar-refractivity contribution >= 4 is 34.4 Å². The van der Waals surface area contributed by atoms with E-state index in [1.165, 1.54) is 0 Å². The van der Waals surface area contributed by atoms with E-state index >= 15 is 0 Å². The molecule has 8 nitrogen and oxygen atoms in total. The van der Waals surface area contributed by atoms with E-state index in [4.69, 9.17) is 10.5 Å². The van der Waals surface area contributed by atoms with Gasteiger partial charge in [0.2, 0.25) is 5.91 Å². The number of primary amides is 1. The molecule has 0 radical (unpaired) electrons. The molecule has 0 spiro atoms. The van der Waals surface area contributed by atoms with Crippen LogP contribution in [0.5, 0.6) is 5.75 Å². The van der Waals surface area contributed by atoms with Crippen LogP contribution in [-0.4, -0.2) is 35.6 Å².